The first kappa shape index (κ1) is 14.5. The van der Waals surface area contributed by atoms with Gasteiger partial charge in [-0.2, -0.15) is 0 Å². The van der Waals surface area contributed by atoms with Gasteiger partial charge in [0.15, 0.2) is 0 Å². The minimum Gasteiger partial charge on any atom is -0.480 e. The second-order valence-corrected chi connectivity index (χ2v) is 5.07. The first-order valence-electron chi connectivity index (χ1n) is 5.95. The molecule has 0 radical (unpaired) electrons. The number of esters is 1. The molecule has 1 rings (SSSR count). The molecule has 0 aliphatic heterocycles. The van der Waals surface area contributed by atoms with E-state index in [-0.39, 0.29) is 5.92 Å². The lowest BCUT2D eigenvalue weighted by molar-refractivity contribution is -0.154. The van der Waals surface area contributed by atoms with Crippen LogP contribution in [0.3, 0.4) is 0 Å². The van der Waals surface area contributed by atoms with Crippen LogP contribution in [-0.2, 0) is 19.1 Å². The van der Waals surface area contributed by atoms with Gasteiger partial charge in [-0.1, -0.05) is 13.8 Å². The number of rotatable bonds is 6. The van der Waals surface area contributed by atoms with Gasteiger partial charge in [-0.05, 0) is 25.2 Å². The van der Waals surface area contributed by atoms with Crippen molar-refractivity contribution in [2.45, 2.75) is 39.2 Å². The molecule has 6 nitrogen and oxygen atoms in total. The van der Waals surface area contributed by atoms with Crippen LogP contribution in [0, 0.1) is 11.3 Å². The number of carboxylic acids is 1. The number of carbonyl (C=O) groups is 3. The predicted molar refractivity (Wildman–Crippen MR) is 62.7 cm³/mol. The van der Waals surface area contributed by atoms with Gasteiger partial charge in [-0.3, -0.25) is 9.59 Å². The lowest BCUT2D eigenvalue weighted by Gasteiger charge is -2.19. The quantitative estimate of drug-likeness (QED) is 0.535. The van der Waals surface area contributed by atoms with Gasteiger partial charge in [0.1, 0.15) is 11.5 Å². The van der Waals surface area contributed by atoms with Crippen LogP contribution in [0.15, 0.2) is 0 Å². The molecule has 102 valence electrons. The number of nitrogens with one attached hydrogen (secondary N) is 1. The van der Waals surface area contributed by atoms with E-state index in [1.165, 1.54) is 7.11 Å². The monoisotopic (exact) mass is 257 g/mol. The molecule has 6 heteroatoms. The second-order valence-electron chi connectivity index (χ2n) is 5.07. The molecule has 2 N–H and O–H groups in total. The van der Waals surface area contributed by atoms with Crippen molar-refractivity contribution in [3.8, 4) is 0 Å². The Bertz CT molecular complexity index is 359. The summed E-state index contributed by atoms with van der Waals surface area (Å²) in [4.78, 5) is 34.5. The summed E-state index contributed by atoms with van der Waals surface area (Å²) in [5.41, 5.74) is -1.15. The van der Waals surface area contributed by atoms with E-state index in [4.69, 9.17) is 5.11 Å². The van der Waals surface area contributed by atoms with Gasteiger partial charge in [0, 0.05) is 0 Å². The predicted octanol–water partition coefficient (Wildman–Crippen LogP) is 0.555. The molecule has 0 saturated heterocycles. The Morgan fingerprint density at radius 2 is 1.89 bits per heavy atom. The number of carbonyl (C=O) groups excluding carboxylic acids is 2. The smallest absolute Gasteiger partial charge is 0.326 e. The third kappa shape index (κ3) is 3.00. The summed E-state index contributed by atoms with van der Waals surface area (Å²) in [6.45, 7) is 3.74. The van der Waals surface area contributed by atoms with Crippen molar-refractivity contribution in [3.05, 3.63) is 0 Å². The normalized spacial score (nSPS) is 18.0. The Labute approximate surface area is 106 Å². The van der Waals surface area contributed by atoms with Gasteiger partial charge in [0.2, 0.25) is 5.91 Å². The van der Waals surface area contributed by atoms with E-state index < -0.39 is 29.3 Å². The van der Waals surface area contributed by atoms with Gasteiger partial charge >= 0.3 is 11.9 Å². The summed E-state index contributed by atoms with van der Waals surface area (Å²) in [5.74, 6) is -2.08. The molecule has 18 heavy (non-hydrogen) atoms. The zero-order chi connectivity index (χ0) is 13.9. The summed E-state index contributed by atoms with van der Waals surface area (Å²) < 4.78 is 4.57. The van der Waals surface area contributed by atoms with Crippen LogP contribution < -0.4 is 5.32 Å². The summed E-state index contributed by atoms with van der Waals surface area (Å²) >= 11 is 0. The Morgan fingerprint density at radius 1 is 1.33 bits per heavy atom. The van der Waals surface area contributed by atoms with Gasteiger partial charge in [-0.25, -0.2) is 4.79 Å². The van der Waals surface area contributed by atoms with Crippen molar-refractivity contribution in [1.82, 2.24) is 5.32 Å². The standard InChI is InChI=1S/C12H19NO5/c1-7(2)6-8(9(14)15)13-10(16)12(4-5-12)11(17)18-3/h7-8H,4-6H2,1-3H3,(H,13,16)(H,14,15)/t8-/m1/s1. The van der Waals surface area contributed by atoms with E-state index in [1.54, 1.807) is 0 Å². The van der Waals surface area contributed by atoms with Crippen molar-refractivity contribution >= 4 is 17.8 Å². The Kier molecular flexibility index (Phi) is 4.32. The zero-order valence-corrected chi connectivity index (χ0v) is 10.9. The molecule has 0 unspecified atom stereocenters. The third-order valence-electron chi connectivity index (χ3n) is 3.07. The molecule has 1 atom stereocenters. The fourth-order valence-corrected chi connectivity index (χ4v) is 1.83. The van der Waals surface area contributed by atoms with E-state index in [0.29, 0.717) is 19.3 Å². The molecule has 0 aromatic heterocycles. The average molecular weight is 257 g/mol. The van der Waals surface area contributed by atoms with Gasteiger partial charge in [-0.15, -0.1) is 0 Å². The van der Waals surface area contributed by atoms with E-state index in [1.807, 2.05) is 13.8 Å². The van der Waals surface area contributed by atoms with Crippen molar-refractivity contribution in [2.24, 2.45) is 11.3 Å². The summed E-state index contributed by atoms with van der Waals surface area (Å²) in [6.07, 6.45) is 1.16. The minimum atomic E-state index is -1.15. The molecule has 1 aliphatic carbocycles. The van der Waals surface area contributed by atoms with Crippen molar-refractivity contribution in [1.29, 1.82) is 0 Å². The first-order valence-corrected chi connectivity index (χ1v) is 5.95. The second kappa shape index (κ2) is 5.37. The van der Waals surface area contributed by atoms with Gasteiger partial charge < -0.3 is 15.2 Å². The maximum atomic E-state index is 11.9. The van der Waals surface area contributed by atoms with Crippen LogP contribution in [0.4, 0.5) is 0 Å². The average Bonchev–Trinajstić information content (AvgIpc) is 3.07. The lowest BCUT2D eigenvalue weighted by Crippen LogP contribution is -2.47. The van der Waals surface area contributed by atoms with E-state index >= 15 is 0 Å². The highest BCUT2D eigenvalue weighted by Crippen LogP contribution is 2.47. The molecule has 1 amide bonds. The topological polar surface area (TPSA) is 92.7 Å². The van der Waals surface area contributed by atoms with Crippen molar-refractivity contribution in [2.75, 3.05) is 7.11 Å². The van der Waals surface area contributed by atoms with Crippen LogP contribution >= 0.6 is 0 Å². The SMILES string of the molecule is COC(=O)C1(C(=O)N[C@H](CC(C)C)C(=O)O)CC1. The number of ether oxygens (including phenoxy) is 1. The summed E-state index contributed by atoms with van der Waals surface area (Å²) in [6, 6.07) is -0.959. The van der Waals surface area contributed by atoms with Gasteiger partial charge in [0.05, 0.1) is 7.11 Å². The fraction of sp³-hybridized carbons (Fsp3) is 0.750. The number of methoxy groups -OCH3 is 1. The number of hydrogen-bond acceptors (Lipinski definition) is 4. The number of carboxylic acid groups (broad SMARTS) is 1. The van der Waals surface area contributed by atoms with E-state index in [2.05, 4.69) is 10.1 Å². The zero-order valence-electron chi connectivity index (χ0n) is 10.9. The van der Waals surface area contributed by atoms with E-state index in [0.717, 1.165) is 0 Å². The van der Waals surface area contributed by atoms with Crippen LogP contribution in [0.2, 0.25) is 0 Å². The van der Waals surface area contributed by atoms with E-state index in [9.17, 15) is 14.4 Å². The summed E-state index contributed by atoms with van der Waals surface area (Å²) in [7, 11) is 1.22. The van der Waals surface area contributed by atoms with Crippen LogP contribution in [0.1, 0.15) is 33.1 Å². The Balaban J connectivity index is 2.68. The highest BCUT2D eigenvalue weighted by atomic mass is 16.5. The molecule has 0 heterocycles. The highest BCUT2D eigenvalue weighted by Gasteiger charge is 2.58. The Morgan fingerprint density at radius 3 is 2.22 bits per heavy atom. The van der Waals surface area contributed by atoms with Gasteiger partial charge in [0.25, 0.3) is 0 Å². The Hall–Kier alpha value is -1.59. The van der Waals surface area contributed by atoms with Crippen LogP contribution in [0.5, 0.6) is 0 Å². The summed E-state index contributed by atoms with van der Waals surface area (Å²) in [5, 5.41) is 11.4. The molecule has 0 spiro atoms. The molecule has 1 aliphatic rings. The van der Waals surface area contributed by atoms with Crippen molar-refractivity contribution < 1.29 is 24.2 Å². The molecule has 1 fully saturated rings. The molecule has 0 bridgehead atoms. The molecule has 0 aromatic carbocycles. The molecule has 1 saturated carbocycles. The number of hydrogen-bond donors (Lipinski definition) is 2. The third-order valence-corrected chi connectivity index (χ3v) is 3.07. The fourth-order valence-electron chi connectivity index (χ4n) is 1.83. The van der Waals surface area contributed by atoms with Crippen molar-refractivity contribution in [3.63, 3.8) is 0 Å². The first-order chi connectivity index (χ1) is 8.33. The highest BCUT2D eigenvalue weighted by molar-refractivity contribution is 6.06. The number of aliphatic carboxylic acids is 1. The molecular formula is C12H19NO5. The lowest BCUT2D eigenvalue weighted by atomic mass is 10.0. The van der Waals surface area contributed by atoms with Crippen LogP contribution in [-0.4, -0.2) is 36.1 Å². The maximum absolute atomic E-state index is 11.9. The largest absolute Gasteiger partial charge is 0.480 e. The minimum absolute atomic E-state index is 0.139. The number of amides is 1. The molecule has 0 aromatic rings. The molecular weight excluding hydrogens is 238 g/mol. The maximum Gasteiger partial charge on any atom is 0.326 e. The van der Waals surface area contributed by atoms with Crippen LogP contribution in [0.25, 0.3) is 0 Å².